The summed E-state index contributed by atoms with van der Waals surface area (Å²) in [6.07, 6.45) is 0.799. The van der Waals surface area contributed by atoms with Crippen LogP contribution in [0.1, 0.15) is 18.9 Å². The molecule has 0 radical (unpaired) electrons. The fourth-order valence-electron chi connectivity index (χ4n) is 1.77. The third kappa shape index (κ3) is 4.02. The minimum absolute atomic E-state index is 0.0577. The highest BCUT2D eigenvalue weighted by Crippen LogP contribution is 2.25. The summed E-state index contributed by atoms with van der Waals surface area (Å²) >= 11 is 0. The highest BCUT2D eigenvalue weighted by atomic mass is 19.1. The Morgan fingerprint density at radius 3 is 2.86 bits per heavy atom. The zero-order valence-corrected chi connectivity index (χ0v) is 12.1. The Labute approximate surface area is 127 Å². The molecule has 1 aromatic heterocycles. The number of para-hydroxylation sites is 1. The molecule has 1 amide bonds. The van der Waals surface area contributed by atoms with E-state index >= 15 is 0 Å². The Hall–Kier alpha value is -2.47. The predicted molar refractivity (Wildman–Crippen MR) is 78.9 cm³/mol. The number of aliphatic hydroxyl groups is 1. The Kier molecular flexibility index (Phi) is 5.43. The molecule has 0 bridgehead atoms. The Morgan fingerprint density at radius 2 is 2.14 bits per heavy atom. The molecule has 22 heavy (non-hydrogen) atoms. The minimum Gasteiger partial charge on any atom is -0.436 e. The quantitative estimate of drug-likeness (QED) is 0.859. The molecule has 0 saturated heterocycles. The molecule has 0 aliphatic heterocycles. The first-order valence-electron chi connectivity index (χ1n) is 6.94. The van der Waals surface area contributed by atoms with Crippen LogP contribution in [0, 0.1) is 5.82 Å². The van der Waals surface area contributed by atoms with Gasteiger partial charge in [0.05, 0.1) is 0 Å². The topological polar surface area (TPSA) is 71.5 Å². The van der Waals surface area contributed by atoms with E-state index in [1.165, 1.54) is 18.3 Å². The lowest BCUT2D eigenvalue weighted by Gasteiger charge is -2.12. The highest BCUT2D eigenvalue weighted by Gasteiger charge is 2.14. The van der Waals surface area contributed by atoms with E-state index in [2.05, 4.69) is 10.3 Å². The van der Waals surface area contributed by atoms with E-state index in [9.17, 15) is 14.3 Å². The van der Waals surface area contributed by atoms with Gasteiger partial charge in [0.25, 0.3) is 0 Å². The molecule has 2 rings (SSSR count). The molecule has 0 saturated carbocycles. The third-order valence-corrected chi connectivity index (χ3v) is 3.04. The van der Waals surface area contributed by atoms with Crippen LogP contribution in [0.25, 0.3) is 0 Å². The number of nitrogens with one attached hydrogen (secondary N) is 1. The van der Waals surface area contributed by atoms with Crippen molar-refractivity contribution in [1.82, 2.24) is 10.3 Å². The normalized spacial score (nSPS) is 11.8. The van der Waals surface area contributed by atoms with E-state index in [1.807, 2.05) is 0 Å². The Bertz CT molecular complexity index is 649. The maximum absolute atomic E-state index is 13.6. The molecule has 1 heterocycles. The first kappa shape index (κ1) is 15.9. The van der Waals surface area contributed by atoms with Gasteiger partial charge in [0.15, 0.2) is 11.6 Å². The lowest BCUT2D eigenvalue weighted by molar-refractivity contribution is -0.129. The fraction of sp³-hybridized carbons (Fsp3) is 0.250. The molecule has 6 heteroatoms. The van der Waals surface area contributed by atoms with E-state index < -0.39 is 17.8 Å². The molecule has 0 aliphatic rings. The summed E-state index contributed by atoms with van der Waals surface area (Å²) in [5, 5.41) is 12.0. The van der Waals surface area contributed by atoms with Crippen molar-refractivity contribution in [3.05, 3.63) is 54.0 Å². The number of carbonyl (C=O) groups excluding carboxylic acids is 1. The summed E-state index contributed by atoms with van der Waals surface area (Å²) in [5.74, 6) is -0.700. The average Bonchev–Trinajstić information content (AvgIpc) is 2.55. The third-order valence-electron chi connectivity index (χ3n) is 3.04. The Balaban J connectivity index is 2.10. The molecule has 5 nitrogen and oxygen atoms in total. The molecule has 1 atom stereocenters. The van der Waals surface area contributed by atoms with Crippen molar-refractivity contribution >= 4 is 5.91 Å². The number of hydrogen-bond donors (Lipinski definition) is 2. The van der Waals surface area contributed by atoms with Crippen molar-refractivity contribution < 1.29 is 19.0 Å². The lowest BCUT2D eigenvalue weighted by atomic mass is 10.2. The largest absolute Gasteiger partial charge is 0.436 e. The van der Waals surface area contributed by atoms with Gasteiger partial charge in [-0.05, 0) is 24.6 Å². The molecule has 0 spiro atoms. The van der Waals surface area contributed by atoms with E-state index in [-0.39, 0.29) is 18.2 Å². The molecule has 2 N–H and O–H groups in total. The zero-order chi connectivity index (χ0) is 15.9. The van der Waals surface area contributed by atoms with Gasteiger partial charge in [-0.1, -0.05) is 25.1 Å². The number of aromatic nitrogens is 1. The number of amides is 1. The highest BCUT2D eigenvalue weighted by molar-refractivity contribution is 5.80. The number of hydrogen-bond acceptors (Lipinski definition) is 4. The summed E-state index contributed by atoms with van der Waals surface area (Å²) in [6, 6.07) is 9.40. The number of pyridine rings is 1. The summed E-state index contributed by atoms with van der Waals surface area (Å²) in [7, 11) is 0. The smallest absolute Gasteiger partial charge is 0.249 e. The second-order valence-electron chi connectivity index (χ2n) is 4.64. The second-order valence-corrected chi connectivity index (χ2v) is 4.64. The van der Waals surface area contributed by atoms with Gasteiger partial charge in [-0.25, -0.2) is 9.37 Å². The second kappa shape index (κ2) is 7.51. The van der Waals surface area contributed by atoms with Crippen LogP contribution in [-0.4, -0.2) is 22.1 Å². The van der Waals surface area contributed by atoms with Crippen LogP contribution in [-0.2, 0) is 11.3 Å². The first-order valence-corrected chi connectivity index (χ1v) is 6.94. The number of ether oxygens (including phenoxy) is 1. The van der Waals surface area contributed by atoms with Gasteiger partial charge >= 0.3 is 0 Å². The van der Waals surface area contributed by atoms with Crippen LogP contribution in [0.4, 0.5) is 4.39 Å². The summed E-state index contributed by atoms with van der Waals surface area (Å²) in [4.78, 5) is 15.6. The van der Waals surface area contributed by atoms with E-state index in [1.54, 1.807) is 31.2 Å². The van der Waals surface area contributed by atoms with Crippen LogP contribution in [0.3, 0.4) is 0 Å². The van der Waals surface area contributed by atoms with Crippen molar-refractivity contribution in [2.75, 3.05) is 0 Å². The standard InChI is InChI=1S/C16H17FN2O3/c1-2-13(20)15(21)19-10-11-6-5-9-18-16(11)22-14-8-4-3-7-12(14)17/h3-9,13,20H,2,10H2,1H3,(H,19,21). The van der Waals surface area contributed by atoms with E-state index in [0.29, 0.717) is 12.0 Å². The molecule has 2 aromatic rings. The molecule has 116 valence electrons. The number of aliphatic hydroxyl groups excluding tert-OH is 1. The van der Waals surface area contributed by atoms with Gasteiger partial charge in [-0.3, -0.25) is 4.79 Å². The van der Waals surface area contributed by atoms with Gasteiger partial charge in [0.2, 0.25) is 11.8 Å². The number of carbonyl (C=O) groups is 1. The van der Waals surface area contributed by atoms with Gasteiger partial charge in [0, 0.05) is 18.3 Å². The lowest BCUT2D eigenvalue weighted by Crippen LogP contribution is -2.33. The van der Waals surface area contributed by atoms with Crippen molar-refractivity contribution in [1.29, 1.82) is 0 Å². The fourth-order valence-corrected chi connectivity index (χ4v) is 1.77. The van der Waals surface area contributed by atoms with Crippen LogP contribution in [0.5, 0.6) is 11.6 Å². The molecule has 1 aromatic carbocycles. The summed E-state index contributed by atoms with van der Waals surface area (Å²) < 4.78 is 19.1. The SMILES string of the molecule is CCC(O)C(=O)NCc1cccnc1Oc1ccccc1F. The number of benzene rings is 1. The van der Waals surface area contributed by atoms with Crippen LogP contribution in [0.15, 0.2) is 42.6 Å². The van der Waals surface area contributed by atoms with Gasteiger partial charge in [-0.2, -0.15) is 0 Å². The van der Waals surface area contributed by atoms with Crippen LogP contribution >= 0.6 is 0 Å². The molecule has 0 aliphatic carbocycles. The predicted octanol–water partition coefficient (Wildman–Crippen LogP) is 2.40. The van der Waals surface area contributed by atoms with Gasteiger partial charge < -0.3 is 15.2 Å². The van der Waals surface area contributed by atoms with Crippen LogP contribution < -0.4 is 10.1 Å². The molecular weight excluding hydrogens is 287 g/mol. The van der Waals surface area contributed by atoms with E-state index in [4.69, 9.17) is 4.74 Å². The van der Waals surface area contributed by atoms with Gasteiger partial charge in [0.1, 0.15) is 6.10 Å². The summed E-state index contributed by atoms with van der Waals surface area (Å²) in [6.45, 7) is 1.84. The summed E-state index contributed by atoms with van der Waals surface area (Å²) in [5.41, 5.74) is 0.586. The molecule has 1 unspecified atom stereocenters. The Morgan fingerprint density at radius 1 is 1.36 bits per heavy atom. The van der Waals surface area contributed by atoms with Crippen molar-refractivity contribution in [3.8, 4) is 11.6 Å². The number of rotatable bonds is 6. The minimum atomic E-state index is -1.05. The first-order chi connectivity index (χ1) is 10.6. The molecular formula is C16H17FN2O3. The monoisotopic (exact) mass is 304 g/mol. The average molecular weight is 304 g/mol. The number of nitrogens with zero attached hydrogens (tertiary/aromatic N) is 1. The number of halogens is 1. The maximum Gasteiger partial charge on any atom is 0.249 e. The van der Waals surface area contributed by atoms with Crippen molar-refractivity contribution in [2.24, 2.45) is 0 Å². The molecule has 0 fully saturated rings. The van der Waals surface area contributed by atoms with Crippen LogP contribution in [0.2, 0.25) is 0 Å². The van der Waals surface area contributed by atoms with E-state index in [0.717, 1.165) is 0 Å². The van der Waals surface area contributed by atoms with Crippen molar-refractivity contribution in [3.63, 3.8) is 0 Å². The van der Waals surface area contributed by atoms with Crippen molar-refractivity contribution in [2.45, 2.75) is 26.0 Å². The zero-order valence-electron chi connectivity index (χ0n) is 12.1. The maximum atomic E-state index is 13.6. The van der Waals surface area contributed by atoms with Gasteiger partial charge in [-0.15, -0.1) is 0 Å².